The summed E-state index contributed by atoms with van der Waals surface area (Å²) in [5.41, 5.74) is 2.08. The number of benzene rings is 1. The standard InChI is InChI=1S/C19H19N7O/c1-14-7-9-22-19-23-17(24-26(14)19)18(27)21-10-8-16-20-11-12-25(16)13-15-5-3-2-4-6-15/h2-7,9,11-12H,8,10,13H2,1H3,(H,21,27). The quantitative estimate of drug-likeness (QED) is 0.564. The van der Waals surface area contributed by atoms with Crippen LogP contribution in [0.25, 0.3) is 5.78 Å². The number of hydrogen-bond acceptors (Lipinski definition) is 5. The fourth-order valence-electron chi connectivity index (χ4n) is 2.86. The summed E-state index contributed by atoms with van der Waals surface area (Å²) in [4.78, 5) is 25.0. The van der Waals surface area contributed by atoms with Crippen molar-refractivity contribution in [2.75, 3.05) is 6.54 Å². The number of amides is 1. The van der Waals surface area contributed by atoms with Crippen LogP contribution in [0.2, 0.25) is 0 Å². The van der Waals surface area contributed by atoms with Gasteiger partial charge in [0.05, 0.1) is 0 Å². The highest BCUT2D eigenvalue weighted by Gasteiger charge is 2.14. The molecule has 8 heteroatoms. The number of rotatable bonds is 6. The molecule has 0 atom stereocenters. The largest absolute Gasteiger partial charge is 0.349 e. The van der Waals surface area contributed by atoms with Gasteiger partial charge in [-0.25, -0.2) is 14.5 Å². The van der Waals surface area contributed by atoms with E-state index in [1.807, 2.05) is 37.4 Å². The molecule has 3 aromatic heterocycles. The first-order chi connectivity index (χ1) is 13.2. The van der Waals surface area contributed by atoms with Crippen LogP contribution in [0.5, 0.6) is 0 Å². The number of aromatic nitrogens is 6. The summed E-state index contributed by atoms with van der Waals surface area (Å²) < 4.78 is 3.64. The van der Waals surface area contributed by atoms with Gasteiger partial charge in [-0.3, -0.25) is 4.79 Å². The van der Waals surface area contributed by atoms with E-state index in [9.17, 15) is 4.79 Å². The van der Waals surface area contributed by atoms with Crippen molar-refractivity contribution in [3.63, 3.8) is 0 Å². The van der Waals surface area contributed by atoms with E-state index in [2.05, 4.69) is 42.1 Å². The van der Waals surface area contributed by atoms with Crippen LogP contribution < -0.4 is 5.32 Å². The molecule has 0 spiro atoms. The second-order valence-electron chi connectivity index (χ2n) is 6.20. The Labute approximate surface area is 155 Å². The molecule has 1 amide bonds. The topological polar surface area (TPSA) is 90.0 Å². The van der Waals surface area contributed by atoms with Crippen molar-refractivity contribution in [3.8, 4) is 0 Å². The Kier molecular flexibility index (Phi) is 4.61. The molecule has 0 aliphatic rings. The van der Waals surface area contributed by atoms with Gasteiger partial charge in [0, 0.05) is 43.8 Å². The van der Waals surface area contributed by atoms with Crippen molar-refractivity contribution in [2.45, 2.75) is 19.9 Å². The Hall–Kier alpha value is -3.55. The molecule has 4 rings (SSSR count). The van der Waals surface area contributed by atoms with Crippen molar-refractivity contribution in [3.05, 3.63) is 77.9 Å². The number of carbonyl (C=O) groups is 1. The molecule has 0 radical (unpaired) electrons. The van der Waals surface area contributed by atoms with Crippen LogP contribution in [0.1, 0.15) is 27.7 Å². The summed E-state index contributed by atoms with van der Waals surface area (Å²) in [5.74, 6) is 1.13. The number of aryl methyl sites for hydroxylation is 1. The predicted octanol–water partition coefficient (Wildman–Crippen LogP) is 1.65. The molecule has 3 heterocycles. The van der Waals surface area contributed by atoms with Gasteiger partial charge < -0.3 is 9.88 Å². The molecule has 8 nitrogen and oxygen atoms in total. The minimum Gasteiger partial charge on any atom is -0.349 e. The van der Waals surface area contributed by atoms with E-state index < -0.39 is 0 Å². The molecule has 136 valence electrons. The third kappa shape index (κ3) is 3.69. The molecule has 4 aromatic rings. The van der Waals surface area contributed by atoms with Gasteiger partial charge in [-0.1, -0.05) is 30.3 Å². The van der Waals surface area contributed by atoms with Gasteiger partial charge in [-0.2, -0.15) is 4.98 Å². The van der Waals surface area contributed by atoms with E-state index in [0.717, 1.165) is 18.1 Å². The lowest BCUT2D eigenvalue weighted by molar-refractivity contribution is 0.0943. The van der Waals surface area contributed by atoms with E-state index in [4.69, 9.17) is 0 Å². The molecular weight excluding hydrogens is 342 g/mol. The van der Waals surface area contributed by atoms with Gasteiger partial charge in [0.2, 0.25) is 5.82 Å². The maximum Gasteiger partial charge on any atom is 0.291 e. The number of nitrogens with zero attached hydrogens (tertiary/aromatic N) is 6. The van der Waals surface area contributed by atoms with Crippen LogP contribution in [0, 0.1) is 6.92 Å². The lowest BCUT2D eigenvalue weighted by Gasteiger charge is -2.08. The number of nitrogens with one attached hydrogen (secondary N) is 1. The first-order valence-electron chi connectivity index (χ1n) is 8.71. The lowest BCUT2D eigenvalue weighted by Crippen LogP contribution is -2.27. The summed E-state index contributed by atoms with van der Waals surface area (Å²) >= 11 is 0. The van der Waals surface area contributed by atoms with Crippen molar-refractivity contribution in [2.24, 2.45) is 0 Å². The van der Waals surface area contributed by atoms with Crippen LogP contribution in [-0.2, 0) is 13.0 Å². The minimum absolute atomic E-state index is 0.115. The monoisotopic (exact) mass is 361 g/mol. The molecule has 0 unspecified atom stereocenters. The second kappa shape index (κ2) is 7.36. The molecule has 0 aliphatic carbocycles. The number of carbonyl (C=O) groups excluding carboxylic acids is 1. The predicted molar refractivity (Wildman–Crippen MR) is 99.3 cm³/mol. The van der Waals surface area contributed by atoms with Gasteiger partial charge in [-0.05, 0) is 18.6 Å². The Morgan fingerprint density at radius 1 is 1.11 bits per heavy atom. The fourth-order valence-corrected chi connectivity index (χ4v) is 2.86. The molecule has 0 aliphatic heterocycles. The summed E-state index contributed by atoms with van der Waals surface area (Å²) in [5, 5.41) is 7.06. The van der Waals surface area contributed by atoms with E-state index in [-0.39, 0.29) is 11.7 Å². The van der Waals surface area contributed by atoms with Gasteiger partial charge in [0.25, 0.3) is 11.7 Å². The van der Waals surface area contributed by atoms with Crippen molar-refractivity contribution in [1.82, 2.24) is 34.4 Å². The smallest absolute Gasteiger partial charge is 0.291 e. The van der Waals surface area contributed by atoms with Crippen molar-refractivity contribution in [1.29, 1.82) is 0 Å². The lowest BCUT2D eigenvalue weighted by atomic mass is 10.2. The van der Waals surface area contributed by atoms with Crippen LogP contribution in [0.4, 0.5) is 0 Å². The van der Waals surface area contributed by atoms with Crippen LogP contribution in [0.15, 0.2) is 55.0 Å². The van der Waals surface area contributed by atoms with E-state index in [1.165, 1.54) is 5.56 Å². The molecule has 1 aromatic carbocycles. The highest BCUT2D eigenvalue weighted by Crippen LogP contribution is 2.06. The molecule has 0 saturated heterocycles. The average molecular weight is 361 g/mol. The number of fused-ring (bicyclic) bond motifs is 1. The molecule has 0 fully saturated rings. The Bertz CT molecular complexity index is 1070. The van der Waals surface area contributed by atoms with Gasteiger partial charge in [0.1, 0.15) is 5.82 Å². The normalized spacial score (nSPS) is 11.0. The van der Waals surface area contributed by atoms with Crippen molar-refractivity contribution >= 4 is 11.7 Å². The van der Waals surface area contributed by atoms with Gasteiger partial charge >= 0.3 is 0 Å². The Balaban J connectivity index is 1.38. The average Bonchev–Trinajstić information content (AvgIpc) is 3.30. The SMILES string of the molecule is Cc1ccnc2nc(C(=O)NCCc3nccn3Cc3ccccc3)nn12. The zero-order valence-corrected chi connectivity index (χ0v) is 14.9. The maximum atomic E-state index is 12.3. The highest BCUT2D eigenvalue weighted by atomic mass is 16.2. The van der Waals surface area contributed by atoms with E-state index in [0.29, 0.717) is 18.7 Å². The molecule has 0 bridgehead atoms. The number of hydrogen-bond donors (Lipinski definition) is 1. The molecule has 1 N–H and O–H groups in total. The molecule has 27 heavy (non-hydrogen) atoms. The van der Waals surface area contributed by atoms with E-state index >= 15 is 0 Å². The van der Waals surface area contributed by atoms with E-state index in [1.54, 1.807) is 16.9 Å². The Morgan fingerprint density at radius 3 is 2.78 bits per heavy atom. The van der Waals surface area contributed by atoms with Gasteiger partial charge in [0.15, 0.2) is 0 Å². The summed E-state index contributed by atoms with van der Waals surface area (Å²) in [7, 11) is 0. The number of imidazole rings is 1. The van der Waals surface area contributed by atoms with Gasteiger partial charge in [-0.15, -0.1) is 5.10 Å². The minimum atomic E-state index is -0.318. The van der Waals surface area contributed by atoms with Crippen LogP contribution in [-0.4, -0.2) is 41.6 Å². The zero-order chi connectivity index (χ0) is 18.6. The van der Waals surface area contributed by atoms with Crippen LogP contribution in [0.3, 0.4) is 0 Å². The first-order valence-corrected chi connectivity index (χ1v) is 8.71. The molecule has 0 saturated carbocycles. The highest BCUT2D eigenvalue weighted by molar-refractivity contribution is 5.90. The second-order valence-corrected chi connectivity index (χ2v) is 6.20. The van der Waals surface area contributed by atoms with Crippen LogP contribution >= 0.6 is 0 Å². The zero-order valence-electron chi connectivity index (χ0n) is 14.9. The van der Waals surface area contributed by atoms with Crippen molar-refractivity contribution < 1.29 is 4.79 Å². The summed E-state index contributed by atoms with van der Waals surface area (Å²) in [6.07, 6.45) is 5.99. The molecular formula is C19H19N7O. The Morgan fingerprint density at radius 2 is 1.96 bits per heavy atom. The summed E-state index contributed by atoms with van der Waals surface area (Å²) in [6, 6.07) is 12.0. The summed E-state index contributed by atoms with van der Waals surface area (Å²) in [6.45, 7) is 3.09. The first kappa shape index (κ1) is 16.9. The maximum absolute atomic E-state index is 12.3. The fraction of sp³-hybridized carbons (Fsp3) is 0.211. The third-order valence-electron chi connectivity index (χ3n) is 4.26. The third-order valence-corrected chi connectivity index (χ3v) is 4.26.